The first kappa shape index (κ1) is 13.6. The summed E-state index contributed by atoms with van der Waals surface area (Å²) >= 11 is 3.42. The van der Waals surface area contributed by atoms with Gasteiger partial charge in [0.1, 0.15) is 5.71 Å². The number of halogens is 1. The second-order valence-corrected chi connectivity index (χ2v) is 5.10. The van der Waals surface area contributed by atoms with E-state index >= 15 is 0 Å². The van der Waals surface area contributed by atoms with Crippen LogP contribution >= 0.6 is 15.9 Å². The van der Waals surface area contributed by atoms with Gasteiger partial charge in [-0.1, -0.05) is 63.6 Å². The van der Waals surface area contributed by atoms with Crippen LogP contribution in [0.5, 0.6) is 0 Å². The van der Waals surface area contributed by atoms with Crippen molar-refractivity contribution >= 4 is 27.7 Å². The monoisotopic (exact) mass is 315 g/mol. The molecule has 0 aliphatic rings. The van der Waals surface area contributed by atoms with E-state index in [4.69, 9.17) is 0 Å². The van der Waals surface area contributed by atoms with E-state index in [-0.39, 0.29) is 0 Å². The lowest BCUT2D eigenvalue weighted by Crippen LogP contribution is -1.99. The summed E-state index contributed by atoms with van der Waals surface area (Å²) in [4.78, 5) is 0. The maximum atomic E-state index is 9.18. The fraction of sp³-hybridized carbons (Fsp3) is 0.0625. The first-order valence-electron chi connectivity index (χ1n) is 5.92. The lowest BCUT2D eigenvalue weighted by Gasteiger charge is -2.05. The van der Waals surface area contributed by atoms with E-state index in [2.05, 4.69) is 21.1 Å². The number of allylic oxidation sites excluding steroid dienone is 1. The van der Waals surface area contributed by atoms with Crippen LogP contribution in [-0.4, -0.2) is 10.9 Å². The lowest BCUT2D eigenvalue weighted by molar-refractivity contribution is 0.320. The molecular formula is C16H14BrNO. The largest absolute Gasteiger partial charge is 0.410 e. The predicted molar refractivity (Wildman–Crippen MR) is 82.7 cm³/mol. The summed E-state index contributed by atoms with van der Waals surface area (Å²) in [6.07, 6.45) is 3.74. The Kier molecular flexibility index (Phi) is 4.53. The zero-order valence-corrected chi connectivity index (χ0v) is 12.1. The number of nitrogens with zero attached hydrogens (tertiary/aromatic N) is 1. The molecule has 1 N–H and O–H groups in total. The topological polar surface area (TPSA) is 32.6 Å². The predicted octanol–water partition coefficient (Wildman–Crippen LogP) is 4.65. The van der Waals surface area contributed by atoms with Gasteiger partial charge in [0.25, 0.3) is 0 Å². The highest BCUT2D eigenvalue weighted by Crippen LogP contribution is 2.17. The number of hydrogen-bond donors (Lipinski definition) is 1. The van der Waals surface area contributed by atoms with Gasteiger partial charge >= 0.3 is 0 Å². The molecule has 19 heavy (non-hydrogen) atoms. The van der Waals surface area contributed by atoms with E-state index in [0.717, 1.165) is 21.2 Å². The molecule has 0 unspecified atom stereocenters. The highest BCUT2D eigenvalue weighted by Gasteiger charge is 2.04. The molecule has 0 heterocycles. The Hall–Kier alpha value is -1.87. The Morgan fingerprint density at radius 3 is 2.53 bits per heavy atom. The van der Waals surface area contributed by atoms with Gasteiger partial charge in [0.15, 0.2) is 0 Å². The Bertz CT molecular complexity index is 618. The SMILES string of the molecule is Cc1cc(Br)ccc1C(C=Cc1ccccc1)=NO. The van der Waals surface area contributed by atoms with Crippen LogP contribution in [0.1, 0.15) is 16.7 Å². The second kappa shape index (κ2) is 6.34. The van der Waals surface area contributed by atoms with E-state index in [0.29, 0.717) is 5.71 Å². The minimum absolute atomic E-state index is 0.550. The average molecular weight is 316 g/mol. The average Bonchev–Trinajstić information content (AvgIpc) is 2.42. The van der Waals surface area contributed by atoms with Crippen molar-refractivity contribution in [2.75, 3.05) is 0 Å². The molecule has 0 amide bonds. The number of aryl methyl sites for hydroxylation is 1. The van der Waals surface area contributed by atoms with Crippen LogP contribution in [0.2, 0.25) is 0 Å². The molecule has 2 rings (SSSR count). The molecule has 0 bridgehead atoms. The maximum Gasteiger partial charge on any atom is 0.110 e. The van der Waals surface area contributed by atoms with E-state index in [1.165, 1.54) is 0 Å². The van der Waals surface area contributed by atoms with Crippen LogP contribution in [0.15, 0.2) is 64.2 Å². The van der Waals surface area contributed by atoms with Crippen molar-refractivity contribution in [2.24, 2.45) is 5.16 Å². The summed E-state index contributed by atoms with van der Waals surface area (Å²) in [5, 5.41) is 12.6. The van der Waals surface area contributed by atoms with Crippen LogP contribution in [0.3, 0.4) is 0 Å². The minimum Gasteiger partial charge on any atom is -0.410 e. The van der Waals surface area contributed by atoms with Gasteiger partial charge in [-0.15, -0.1) is 0 Å². The van der Waals surface area contributed by atoms with Gasteiger partial charge in [0.05, 0.1) is 0 Å². The molecule has 2 aromatic rings. The Labute approximate surface area is 121 Å². The number of benzene rings is 2. The van der Waals surface area contributed by atoms with Gasteiger partial charge in [-0.25, -0.2) is 0 Å². The van der Waals surface area contributed by atoms with Gasteiger partial charge in [-0.2, -0.15) is 0 Å². The second-order valence-electron chi connectivity index (χ2n) is 4.19. The molecular weight excluding hydrogens is 302 g/mol. The molecule has 0 radical (unpaired) electrons. The van der Waals surface area contributed by atoms with Crippen molar-refractivity contribution in [3.05, 3.63) is 75.8 Å². The standard InChI is InChI=1S/C16H14BrNO/c1-12-11-14(17)8-9-15(12)16(18-19)10-7-13-5-3-2-4-6-13/h2-11,19H,1H3. The van der Waals surface area contributed by atoms with Crippen molar-refractivity contribution in [1.82, 2.24) is 0 Å². The molecule has 0 aliphatic heterocycles. The zero-order chi connectivity index (χ0) is 13.7. The molecule has 3 heteroatoms. The molecule has 0 aliphatic carbocycles. The molecule has 0 spiro atoms. The van der Waals surface area contributed by atoms with Crippen LogP contribution < -0.4 is 0 Å². The Morgan fingerprint density at radius 2 is 1.89 bits per heavy atom. The van der Waals surface area contributed by atoms with Crippen LogP contribution in [0.4, 0.5) is 0 Å². The van der Waals surface area contributed by atoms with Gasteiger partial charge < -0.3 is 5.21 Å². The van der Waals surface area contributed by atoms with Crippen molar-refractivity contribution < 1.29 is 5.21 Å². The highest BCUT2D eigenvalue weighted by atomic mass is 79.9. The molecule has 0 saturated heterocycles. The third kappa shape index (κ3) is 3.55. The smallest absolute Gasteiger partial charge is 0.110 e. The summed E-state index contributed by atoms with van der Waals surface area (Å²) in [7, 11) is 0. The summed E-state index contributed by atoms with van der Waals surface area (Å²) in [5.41, 5.74) is 3.59. The van der Waals surface area contributed by atoms with Crippen LogP contribution in [0, 0.1) is 6.92 Å². The molecule has 2 nitrogen and oxygen atoms in total. The van der Waals surface area contributed by atoms with Crippen molar-refractivity contribution in [1.29, 1.82) is 0 Å². The fourth-order valence-electron chi connectivity index (χ4n) is 1.83. The summed E-state index contributed by atoms with van der Waals surface area (Å²) in [6, 6.07) is 15.8. The first-order valence-corrected chi connectivity index (χ1v) is 6.71. The van der Waals surface area contributed by atoms with E-state index in [9.17, 15) is 5.21 Å². The number of rotatable bonds is 3. The third-order valence-electron chi connectivity index (χ3n) is 2.81. The zero-order valence-electron chi connectivity index (χ0n) is 10.5. The Balaban J connectivity index is 2.29. The third-order valence-corrected chi connectivity index (χ3v) is 3.30. The van der Waals surface area contributed by atoms with Crippen molar-refractivity contribution in [3.63, 3.8) is 0 Å². The van der Waals surface area contributed by atoms with E-state index in [1.807, 2.05) is 67.6 Å². The maximum absolute atomic E-state index is 9.18. The first-order chi connectivity index (χ1) is 9.20. The summed E-state index contributed by atoms with van der Waals surface area (Å²) < 4.78 is 1.01. The number of oxime groups is 1. The molecule has 0 atom stereocenters. The van der Waals surface area contributed by atoms with Crippen LogP contribution in [0.25, 0.3) is 6.08 Å². The molecule has 0 fully saturated rings. The van der Waals surface area contributed by atoms with Gasteiger partial charge in [-0.05, 0) is 36.3 Å². The number of hydrogen-bond acceptors (Lipinski definition) is 2. The minimum atomic E-state index is 0.550. The molecule has 0 saturated carbocycles. The molecule has 2 aromatic carbocycles. The highest BCUT2D eigenvalue weighted by molar-refractivity contribution is 9.10. The van der Waals surface area contributed by atoms with Crippen molar-refractivity contribution in [3.8, 4) is 0 Å². The quantitative estimate of drug-likeness (QED) is 0.499. The summed E-state index contributed by atoms with van der Waals surface area (Å²) in [6.45, 7) is 1.99. The molecule has 0 aromatic heterocycles. The van der Waals surface area contributed by atoms with E-state index < -0.39 is 0 Å². The molecule has 96 valence electrons. The van der Waals surface area contributed by atoms with Gasteiger partial charge in [-0.3, -0.25) is 0 Å². The summed E-state index contributed by atoms with van der Waals surface area (Å²) in [5.74, 6) is 0. The van der Waals surface area contributed by atoms with Gasteiger partial charge in [0, 0.05) is 10.0 Å². The lowest BCUT2D eigenvalue weighted by atomic mass is 10.0. The normalized spacial score (nSPS) is 12.0. The van der Waals surface area contributed by atoms with E-state index in [1.54, 1.807) is 0 Å². The Morgan fingerprint density at radius 1 is 1.16 bits per heavy atom. The van der Waals surface area contributed by atoms with Crippen LogP contribution in [-0.2, 0) is 0 Å². The van der Waals surface area contributed by atoms with Gasteiger partial charge in [0.2, 0.25) is 0 Å². The fourth-order valence-corrected chi connectivity index (χ4v) is 2.31. The van der Waals surface area contributed by atoms with Crippen molar-refractivity contribution in [2.45, 2.75) is 6.92 Å².